The zero-order valence-corrected chi connectivity index (χ0v) is 14.7. The van der Waals surface area contributed by atoms with Crippen LogP contribution in [-0.4, -0.2) is 27.2 Å². The molecule has 0 heterocycles. The van der Waals surface area contributed by atoms with Gasteiger partial charge in [-0.2, -0.15) is 0 Å². The van der Waals surface area contributed by atoms with Crippen LogP contribution < -0.4 is 20.1 Å². The van der Waals surface area contributed by atoms with Gasteiger partial charge in [0.05, 0.1) is 14.2 Å². The molecule has 5 heteroatoms. The van der Waals surface area contributed by atoms with Crippen molar-refractivity contribution in [1.82, 2.24) is 10.6 Å². The molecule has 0 aromatic heterocycles. The summed E-state index contributed by atoms with van der Waals surface area (Å²) in [5.74, 6) is 2.20. The second kappa shape index (κ2) is 8.82. The quantitative estimate of drug-likeness (QED) is 0.633. The lowest BCUT2D eigenvalue weighted by Gasteiger charge is -2.14. The summed E-state index contributed by atoms with van der Waals surface area (Å²) in [6, 6.07) is 14.2. The fourth-order valence-corrected chi connectivity index (χ4v) is 2.38. The summed E-state index contributed by atoms with van der Waals surface area (Å²) in [6.45, 7) is 3.49. The minimum Gasteiger partial charge on any atom is -0.493 e. The van der Waals surface area contributed by atoms with Gasteiger partial charge in [-0.3, -0.25) is 4.99 Å². The standard InChI is InChI=1S/C19H25N3O2/c1-14-7-5-6-8-16(14)13-22-19(20-2)21-12-15-9-10-17(23-3)18(11-15)24-4/h5-11H,12-13H2,1-4H3,(H2,20,21,22). The number of rotatable bonds is 6. The summed E-state index contributed by atoms with van der Waals surface area (Å²) < 4.78 is 10.6. The Labute approximate surface area is 143 Å². The number of aryl methyl sites for hydroxylation is 1. The van der Waals surface area contributed by atoms with Crippen molar-refractivity contribution in [3.63, 3.8) is 0 Å². The van der Waals surface area contributed by atoms with Gasteiger partial charge < -0.3 is 20.1 Å². The van der Waals surface area contributed by atoms with E-state index >= 15 is 0 Å². The molecule has 2 aromatic rings. The summed E-state index contributed by atoms with van der Waals surface area (Å²) in [7, 11) is 5.03. The van der Waals surface area contributed by atoms with E-state index < -0.39 is 0 Å². The van der Waals surface area contributed by atoms with Gasteiger partial charge >= 0.3 is 0 Å². The highest BCUT2D eigenvalue weighted by Gasteiger charge is 2.05. The van der Waals surface area contributed by atoms with Crippen molar-refractivity contribution in [1.29, 1.82) is 0 Å². The van der Waals surface area contributed by atoms with Crippen LogP contribution in [0, 0.1) is 6.92 Å². The summed E-state index contributed by atoms with van der Waals surface area (Å²) in [6.07, 6.45) is 0. The smallest absolute Gasteiger partial charge is 0.191 e. The molecule has 5 nitrogen and oxygen atoms in total. The summed E-state index contributed by atoms with van der Waals surface area (Å²) in [4.78, 5) is 4.26. The van der Waals surface area contributed by atoms with E-state index in [0.29, 0.717) is 6.54 Å². The van der Waals surface area contributed by atoms with Gasteiger partial charge in [0.25, 0.3) is 0 Å². The molecule has 0 spiro atoms. The normalized spacial score (nSPS) is 11.1. The molecule has 0 saturated carbocycles. The van der Waals surface area contributed by atoms with Crippen molar-refractivity contribution in [3.8, 4) is 11.5 Å². The van der Waals surface area contributed by atoms with Gasteiger partial charge in [-0.15, -0.1) is 0 Å². The molecule has 0 atom stereocenters. The molecular weight excluding hydrogens is 302 g/mol. The van der Waals surface area contributed by atoms with E-state index in [1.165, 1.54) is 11.1 Å². The number of methoxy groups -OCH3 is 2. The summed E-state index contributed by atoms with van der Waals surface area (Å²) in [5, 5.41) is 6.64. The molecule has 0 saturated heterocycles. The van der Waals surface area contributed by atoms with Crippen LogP contribution in [0.4, 0.5) is 0 Å². The largest absolute Gasteiger partial charge is 0.493 e. The highest BCUT2D eigenvalue weighted by Crippen LogP contribution is 2.27. The Morgan fingerprint density at radius 2 is 1.67 bits per heavy atom. The van der Waals surface area contributed by atoms with Crippen molar-refractivity contribution < 1.29 is 9.47 Å². The molecule has 2 rings (SSSR count). The topological polar surface area (TPSA) is 54.9 Å². The number of hydrogen-bond acceptors (Lipinski definition) is 3. The van der Waals surface area contributed by atoms with Gasteiger partial charge in [0.15, 0.2) is 17.5 Å². The van der Waals surface area contributed by atoms with Crippen molar-refractivity contribution in [3.05, 3.63) is 59.2 Å². The fraction of sp³-hybridized carbons (Fsp3) is 0.316. The van der Waals surface area contributed by atoms with Crippen molar-refractivity contribution >= 4 is 5.96 Å². The lowest BCUT2D eigenvalue weighted by atomic mass is 10.1. The van der Waals surface area contributed by atoms with Crippen LogP contribution in [0.15, 0.2) is 47.5 Å². The number of nitrogens with zero attached hydrogens (tertiary/aromatic N) is 1. The predicted octanol–water partition coefficient (Wildman–Crippen LogP) is 2.88. The maximum Gasteiger partial charge on any atom is 0.191 e. The molecule has 0 fully saturated rings. The van der Waals surface area contributed by atoms with Crippen molar-refractivity contribution in [2.75, 3.05) is 21.3 Å². The molecular formula is C19H25N3O2. The van der Waals surface area contributed by atoms with Crippen LogP contribution in [-0.2, 0) is 13.1 Å². The third-order valence-electron chi connectivity index (χ3n) is 3.84. The van der Waals surface area contributed by atoms with Crippen LogP contribution in [0.3, 0.4) is 0 Å². The van der Waals surface area contributed by atoms with E-state index in [1.807, 2.05) is 30.3 Å². The van der Waals surface area contributed by atoms with Gasteiger partial charge in [0.2, 0.25) is 0 Å². The maximum atomic E-state index is 5.33. The summed E-state index contributed by atoms with van der Waals surface area (Å²) >= 11 is 0. The highest BCUT2D eigenvalue weighted by atomic mass is 16.5. The first-order valence-corrected chi connectivity index (χ1v) is 7.88. The molecule has 0 aliphatic rings. The molecule has 128 valence electrons. The number of guanidine groups is 1. The second-order valence-electron chi connectivity index (χ2n) is 5.40. The van der Waals surface area contributed by atoms with E-state index in [0.717, 1.165) is 29.6 Å². The Morgan fingerprint density at radius 1 is 0.958 bits per heavy atom. The molecule has 0 radical (unpaired) electrons. The van der Waals surface area contributed by atoms with Crippen LogP contribution in [0.25, 0.3) is 0 Å². The Balaban J connectivity index is 1.93. The van der Waals surface area contributed by atoms with Gasteiger partial charge in [-0.25, -0.2) is 0 Å². The lowest BCUT2D eigenvalue weighted by Crippen LogP contribution is -2.36. The van der Waals surface area contributed by atoms with Crippen LogP contribution >= 0.6 is 0 Å². The van der Waals surface area contributed by atoms with Crippen molar-refractivity contribution in [2.24, 2.45) is 4.99 Å². The first kappa shape index (κ1) is 17.7. The van der Waals surface area contributed by atoms with Gasteiger partial charge in [0, 0.05) is 20.1 Å². The minimum absolute atomic E-state index is 0.647. The van der Waals surface area contributed by atoms with E-state index in [4.69, 9.17) is 9.47 Å². The number of ether oxygens (including phenoxy) is 2. The minimum atomic E-state index is 0.647. The average Bonchev–Trinajstić information content (AvgIpc) is 2.62. The zero-order chi connectivity index (χ0) is 17.4. The van der Waals surface area contributed by atoms with Crippen LogP contribution in [0.5, 0.6) is 11.5 Å². The fourth-order valence-electron chi connectivity index (χ4n) is 2.38. The first-order chi connectivity index (χ1) is 11.7. The van der Waals surface area contributed by atoms with Gasteiger partial charge in [0.1, 0.15) is 0 Å². The van der Waals surface area contributed by atoms with Crippen LogP contribution in [0.1, 0.15) is 16.7 Å². The number of benzene rings is 2. The van der Waals surface area contributed by atoms with Crippen LogP contribution in [0.2, 0.25) is 0 Å². The molecule has 2 aromatic carbocycles. The van der Waals surface area contributed by atoms with E-state index in [-0.39, 0.29) is 0 Å². The Hall–Kier alpha value is -2.69. The maximum absolute atomic E-state index is 5.33. The molecule has 0 amide bonds. The third kappa shape index (κ3) is 4.65. The third-order valence-corrected chi connectivity index (χ3v) is 3.84. The summed E-state index contributed by atoms with van der Waals surface area (Å²) in [5.41, 5.74) is 3.61. The van der Waals surface area contributed by atoms with E-state index in [2.05, 4.69) is 34.7 Å². The SMILES string of the molecule is CN=C(NCc1ccc(OC)c(OC)c1)NCc1ccccc1C. The molecule has 2 N–H and O–H groups in total. The van der Waals surface area contributed by atoms with Gasteiger partial charge in [-0.1, -0.05) is 30.3 Å². The monoisotopic (exact) mass is 327 g/mol. The van der Waals surface area contributed by atoms with Gasteiger partial charge in [-0.05, 0) is 35.7 Å². The zero-order valence-electron chi connectivity index (χ0n) is 14.7. The number of aliphatic imine (C=N–C) groups is 1. The Morgan fingerprint density at radius 3 is 2.33 bits per heavy atom. The predicted molar refractivity (Wildman–Crippen MR) is 97.8 cm³/mol. The Bertz CT molecular complexity index is 699. The Kier molecular flexibility index (Phi) is 6.49. The van der Waals surface area contributed by atoms with E-state index in [1.54, 1.807) is 21.3 Å². The van der Waals surface area contributed by atoms with E-state index in [9.17, 15) is 0 Å². The number of nitrogens with one attached hydrogen (secondary N) is 2. The highest BCUT2D eigenvalue weighted by molar-refractivity contribution is 5.79. The lowest BCUT2D eigenvalue weighted by molar-refractivity contribution is 0.354. The average molecular weight is 327 g/mol. The van der Waals surface area contributed by atoms with Crippen molar-refractivity contribution in [2.45, 2.75) is 20.0 Å². The first-order valence-electron chi connectivity index (χ1n) is 7.88. The molecule has 24 heavy (non-hydrogen) atoms. The molecule has 0 unspecified atom stereocenters. The molecule has 0 bridgehead atoms. The molecule has 0 aliphatic carbocycles. The second-order valence-corrected chi connectivity index (χ2v) is 5.40. The number of hydrogen-bond donors (Lipinski definition) is 2. The molecule has 0 aliphatic heterocycles.